The maximum Gasteiger partial charge on any atom is 0.322 e. The lowest BCUT2D eigenvalue weighted by molar-refractivity contribution is 0.0750. The third-order valence-corrected chi connectivity index (χ3v) is 3.05. The van der Waals surface area contributed by atoms with E-state index in [1.54, 1.807) is 26.0 Å². The minimum Gasteiger partial charge on any atom is -0.338 e. The molecule has 7 nitrogen and oxygen atoms in total. The number of amides is 3. The minimum absolute atomic E-state index is 0.0524. The van der Waals surface area contributed by atoms with Crippen molar-refractivity contribution >= 4 is 28.5 Å². The lowest BCUT2D eigenvalue weighted by atomic mass is 10.3. The molecule has 8 heteroatoms. The second-order valence-electron chi connectivity index (χ2n) is 4.29. The quantitative estimate of drug-likeness (QED) is 0.893. The highest BCUT2D eigenvalue weighted by Crippen LogP contribution is 2.20. The molecule has 1 aromatic heterocycles. The Morgan fingerprint density at radius 3 is 2.39 bits per heavy atom. The molecule has 1 heterocycles. The molecule has 1 aromatic rings. The highest BCUT2D eigenvalue weighted by molar-refractivity contribution is 7.10. The largest absolute Gasteiger partial charge is 0.338 e. The van der Waals surface area contributed by atoms with E-state index < -0.39 is 0 Å². The Morgan fingerprint density at radius 1 is 1.28 bits per heavy atom. The Bertz CT molecular complexity index is 443. The molecule has 0 aromatic carbocycles. The Kier molecular flexibility index (Phi) is 4.60. The molecule has 0 aliphatic heterocycles. The Hall–Kier alpha value is -1.70. The van der Waals surface area contributed by atoms with Gasteiger partial charge in [0.2, 0.25) is 0 Å². The number of hydrogen-bond acceptors (Lipinski definition) is 5. The van der Waals surface area contributed by atoms with E-state index in [4.69, 9.17) is 0 Å². The van der Waals surface area contributed by atoms with Crippen LogP contribution >= 0.6 is 11.5 Å². The lowest BCUT2D eigenvalue weighted by Crippen LogP contribution is -2.34. The molecule has 3 amide bonds. The first-order valence-corrected chi connectivity index (χ1v) is 6.19. The summed E-state index contributed by atoms with van der Waals surface area (Å²) in [6.07, 6.45) is 0. The zero-order valence-corrected chi connectivity index (χ0v) is 11.9. The molecule has 0 aliphatic carbocycles. The zero-order chi connectivity index (χ0) is 13.9. The van der Waals surface area contributed by atoms with E-state index >= 15 is 0 Å². The van der Waals surface area contributed by atoms with Gasteiger partial charge in [0.1, 0.15) is 0 Å². The number of nitrogens with zero attached hydrogens (tertiary/aromatic N) is 4. The number of hydrogen-bond donors (Lipinski definition) is 1. The summed E-state index contributed by atoms with van der Waals surface area (Å²) in [7, 11) is 4.92. The maximum absolute atomic E-state index is 12.1. The van der Waals surface area contributed by atoms with Crippen molar-refractivity contribution < 1.29 is 9.59 Å². The monoisotopic (exact) mass is 271 g/mol. The molecule has 0 unspecified atom stereocenters. The van der Waals surface area contributed by atoms with E-state index in [9.17, 15) is 9.59 Å². The fourth-order valence-corrected chi connectivity index (χ4v) is 1.57. The Morgan fingerprint density at radius 2 is 1.89 bits per heavy atom. The van der Waals surface area contributed by atoms with Crippen molar-refractivity contribution in [3.8, 4) is 0 Å². The Balaban J connectivity index is 2.89. The van der Waals surface area contributed by atoms with Crippen LogP contribution in [0.1, 0.15) is 24.3 Å². The van der Waals surface area contributed by atoms with Crippen LogP contribution in [0.2, 0.25) is 0 Å². The standard InChI is InChI=1S/C10H17N5O2S/c1-6(2)15(5)9(16)7-8(18-13-12-7)11-10(17)14(3)4/h6H,1-5H3,(H,11,17). The van der Waals surface area contributed by atoms with Gasteiger partial charge in [-0.3, -0.25) is 10.1 Å². The van der Waals surface area contributed by atoms with Gasteiger partial charge in [-0.25, -0.2) is 4.79 Å². The highest BCUT2D eigenvalue weighted by Gasteiger charge is 2.23. The second-order valence-corrected chi connectivity index (χ2v) is 5.04. The van der Waals surface area contributed by atoms with Gasteiger partial charge in [0.25, 0.3) is 5.91 Å². The molecule has 0 atom stereocenters. The number of nitrogens with one attached hydrogen (secondary N) is 1. The minimum atomic E-state index is -0.317. The normalized spacial score (nSPS) is 10.3. The van der Waals surface area contributed by atoms with Gasteiger partial charge in [0.05, 0.1) is 0 Å². The molecule has 0 fully saturated rings. The van der Waals surface area contributed by atoms with Gasteiger partial charge in [-0.15, -0.1) is 5.10 Å². The molecule has 100 valence electrons. The van der Waals surface area contributed by atoms with E-state index in [-0.39, 0.29) is 23.7 Å². The van der Waals surface area contributed by atoms with E-state index in [0.29, 0.717) is 5.00 Å². The Labute approximate surface area is 110 Å². The summed E-state index contributed by atoms with van der Waals surface area (Å²) >= 11 is 0.986. The number of rotatable bonds is 3. The summed E-state index contributed by atoms with van der Waals surface area (Å²) in [5, 5.41) is 6.74. The number of anilines is 1. The molecule has 0 radical (unpaired) electrons. The molecular weight excluding hydrogens is 254 g/mol. The molecule has 0 saturated carbocycles. The highest BCUT2D eigenvalue weighted by atomic mass is 32.1. The van der Waals surface area contributed by atoms with Crippen LogP contribution < -0.4 is 5.32 Å². The molecule has 0 bridgehead atoms. The first-order valence-electron chi connectivity index (χ1n) is 5.42. The molecule has 0 saturated heterocycles. The van der Waals surface area contributed by atoms with Crippen LogP contribution in [-0.4, -0.2) is 58.5 Å². The van der Waals surface area contributed by atoms with Crippen molar-refractivity contribution in [3.05, 3.63) is 5.69 Å². The van der Waals surface area contributed by atoms with E-state index in [2.05, 4.69) is 14.9 Å². The van der Waals surface area contributed by atoms with Gasteiger partial charge in [0.15, 0.2) is 10.7 Å². The van der Waals surface area contributed by atoms with Crippen molar-refractivity contribution in [3.63, 3.8) is 0 Å². The number of carbonyl (C=O) groups is 2. The third kappa shape index (κ3) is 3.16. The van der Waals surface area contributed by atoms with Crippen molar-refractivity contribution in [2.45, 2.75) is 19.9 Å². The smallest absolute Gasteiger partial charge is 0.322 e. The predicted molar refractivity (Wildman–Crippen MR) is 69.8 cm³/mol. The molecule has 1 N–H and O–H groups in total. The molecule has 18 heavy (non-hydrogen) atoms. The fourth-order valence-electron chi connectivity index (χ4n) is 1.02. The molecular formula is C10H17N5O2S. The van der Waals surface area contributed by atoms with Crippen molar-refractivity contribution in [2.24, 2.45) is 0 Å². The van der Waals surface area contributed by atoms with Crippen LogP contribution in [0.3, 0.4) is 0 Å². The summed E-state index contributed by atoms with van der Waals surface area (Å²) in [5.74, 6) is -0.257. The number of aromatic nitrogens is 2. The van der Waals surface area contributed by atoms with Crippen LogP contribution in [0.25, 0.3) is 0 Å². The van der Waals surface area contributed by atoms with E-state index in [1.165, 1.54) is 4.90 Å². The van der Waals surface area contributed by atoms with Gasteiger partial charge >= 0.3 is 6.03 Å². The first kappa shape index (κ1) is 14.4. The van der Waals surface area contributed by atoms with Crippen molar-refractivity contribution in [1.29, 1.82) is 0 Å². The average Bonchev–Trinajstić information content (AvgIpc) is 2.74. The van der Waals surface area contributed by atoms with Crippen LogP contribution in [0.4, 0.5) is 9.80 Å². The van der Waals surface area contributed by atoms with E-state index in [0.717, 1.165) is 11.5 Å². The summed E-state index contributed by atoms with van der Waals surface area (Å²) in [6.45, 7) is 3.80. The van der Waals surface area contributed by atoms with Crippen molar-refractivity contribution in [1.82, 2.24) is 19.4 Å². The molecule has 0 spiro atoms. The van der Waals surface area contributed by atoms with Crippen LogP contribution in [0.5, 0.6) is 0 Å². The average molecular weight is 271 g/mol. The van der Waals surface area contributed by atoms with Gasteiger partial charge in [-0.1, -0.05) is 4.49 Å². The lowest BCUT2D eigenvalue weighted by Gasteiger charge is -2.20. The summed E-state index contributed by atoms with van der Waals surface area (Å²) in [4.78, 5) is 26.5. The SMILES string of the molecule is CC(C)N(C)C(=O)c1nnsc1NC(=O)N(C)C. The van der Waals surface area contributed by atoms with Crippen LogP contribution in [-0.2, 0) is 0 Å². The van der Waals surface area contributed by atoms with Crippen molar-refractivity contribution in [2.75, 3.05) is 26.5 Å². The van der Waals surface area contributed by atoms with Gasteiger partial charge in [-0.05, 0) is 13.8 Å². The van der Waals surface area contributed by atoms with Gasteiger partial charge in [-0.2, -0.15) is 0 Å². The van der Waals surface area contributed by atoms with Crippen LogP contribution in [0.15, 0.2) is 0 Å². The first-order chi connectivity index (χ1) is 8.34. The molecule has 0 aliphatic rings. The van der Waals surface area contributed by atoms with Crippen LogP contribution in [0, 0.1) is 0 Å². The zero-order valence-electron chi connectivity index (χ0n) is 11.1. The van der Waals surface area contributed by atoms with Gasteiger partial charge in [0, 0.05) is 38.7 Å². The maximum atomic E-state index is 12.1. The summed E-state index contributed by atoms with van der Waals surface area (Å²) in [5.41, 5.74) is 0.173. The second kappa shape index (κ2) is 5.76. The number of carbonyl (C=O) groups excluding carboxylic acids is 2. The fraction of sp³-hybridized carbons (Fsp3) is 0.600. The number of urea groups is 1. The third-order valence-electron chi connectivity index (χ3n) is 2.41. The predicted octanol–water partition coefficient (Wildman–Crippen LogP) is 1.11. The van der Waals surface area contributed by atoms with Gasteiger partial charge < -0.3 is 9.80 Å². The topological polar surface area (TPSA) is 78.4 Å². The molecule has 1 rings (SSSR count). The summed E-state index contributed by atoms with van der Waals surface area (Å²) < 4.78 is 3.71. The van der Waals surface area contributed by atoms with E-state index in [1.807, 2.05) is 13.8 Å². The summed E-state index contributed by atoms with van der Waals surface area (Å²) in [6, 6.07) is -0.265.